The molecule has 1 unspecified atom stereocenters. The average molecular weight is 402 g/mol. The number of alkyl halides is 3. The molecule has 0 aliphatic rings. The molecular weight excluding hydrogens is 379 g/mol. The van der Waals surface area contributed by atoms with Crippen molar-refractivity contribution in [3.63, 3.8) is 0 Å². The quantitative estimate of drug-likeness (QED) is 0.702. The summed E-state index contributed by atoms with van der Waals surface area (Å²) in [5.41, 5.74) is 0.0978. The molecule has 0 spiro atoms. The lowest BCUT2D eigenvalue weighted by atomic mass is 9.91. The summed E-state index contributed by atoms with van der Waals surface area (Å²) < 4.78 is 40.4. The molecule has 4 nitrogen and oxygen atoms in total. The van der Waals surface area contributed by atoms with Gasteiger partial charge in [0.25, 0.3) is 0 Å². The van der Waals surface area contributed by atoms with Crippen molar-refractivity contribution in [2.24, 2.45) is 13.0 Å². The van der Waals surface area contributed by atoms with E-state index in [1.807, 2.05) is 12.1 Å². The number of hydrogen-bond donors (Lipinski definition) is 1. The normalized spacial score (nSPS) is 13.1. The van der Waals surface area contributed by atoms with Gasteiger partial charge in [-0.3, -0.25) is 9.48 Å². The Labute approximate surface area is 161 Å². The largest absolute Gasteiger partial charge is 0.435 e. The van der Waals surface area contributed by atoms with Gasteiger partial charge in [0.1, 0.15) is 5.15 Å². The van der Waals surface area contributed by atoms with Gasteiger partial charge < -0.3 is 5.32 Å². The first-order valence-electron chi connectivity index (χ1n) is 8.68. The third-order valence-electron chi connectivity index (χ3n) is 4.27. The number of halogens is 4. The molecule has 0 saturated heterocycles. The van der Waals surface area contributed by atoms with E-state index in [0.717, 1.165) is 16.7 Å². The molecule has 8 heteroatoms. The molecule has 2 aromatic rings. The fraction of sp³-hybridized carbons (Fsp3) is 0.474. The molecular formula is C19H23ClF3N3O. The Bertz CT molecular complexity index is 815. The SMILES string of the molecule is CC(C)CC(C)c1ccccc1NC(=O)Cc1c(C(F)(F)F)nn(C)c1Cl. The van der Waals surface area contributed by atoms with Crippen LogP contribution >= 0.6 is 11.6 Å². The molecule has 27 heavy (non-hydrogen) atoms. The van der Waals surface area contributed by atoms with Crippen LogP contribution in [0.15, 0.2) is 24.3 Å². The van der Waals surface area contributed by atoms with Gasteiger partial charge in [-0.1, -0.05) is 50.6 Å². The van der Waals surface area contributed by atoms with E-state index in [-0.39, 0.29) is 16.6 Å². The van der Waals surface area contributed by atoms with Crippen molar-refractivity contribution in [3.8, 4) is 0 Å². The van der Waals surface area contributed by atoms with Crippen LogP contribution in [0.2, 0.25) is 5.15 Å². The summed E-state index contributed by atoms with van der Waals surface area (Å²) in [5.74, 6) is 0.112. The topological polar surface area (TPSA) is 46.9 Å². The zero-order valence-corrected chi connectivity index (χ0v) is 16.4. The highest BCUT2D eigenvalue weighted by molar-refractivity contribution is 6.30. The molecule has 1 aromatic heterocycles. The van der Waals surface area contributed by atoms with Gasteiger partial charge in [-0.05, 0) is 29.9 Å². The first-order valence-corrected chi connectivity index (χ1v) is 9.05. The minimum absolute atomic E-state index is 0.195. The van der Waals surface area contributed by atoms with Gasteiger partial charge in [0.05, 0.1) is 6.42 Å². The van der Waals surface area contributed by atoms with E-state index in [0.29, 0.717) is 11.6 Å². The van der Waals surface area contributed by atoms with E-state index < -0.39 is 24.2 Å². The van der Waals surface area contributed by atoms with Gasteiger partial charge in [0.15, 0.2) is 5.69 Å². The van der Waals surface area contributed by atoms with Crippen LogP contribution in [0.5, 0.6) is 0 Å². The fourth-order valence-corrected chi connectivity index (χ4v) is 3.36. The van der Waals surface area contributed by atoms with E-state index >= 15 is 0 Å². The second kappa shape index (κ2) is 8.33. The lowest BCUT2D eigenvalue weighted by molar-refractivity contribution is -0.142. The minimum atomic E-state index is -4.68. The third kappa shape index (κ3) is 5.25. The van der Waals surface area contributed by atoms with Crippen molar-refractivity contribution in [1.29, 1.82) is 0 Å². The molecule has 0 fully saturated rings. The van der Waals surface area contributed by atoms with Crippen molar-refractivity contribution >= 4 is 23.2 Å². The van der Waals surface area contributed by atoms with Crippen LogP contribution in [-0.2, 0) is 24.4 Å². The number of aromatic nitrogens is 2. The molecule has 0 saturated carbocycles. The van der Waals surface area contributed by atoms with Crippen molar-refractivity contribution in [3.05, 3.63) is 46.2 Å². The van der Waals surface area contributed by atoms with Crippen LogP contribution in [0.1, 0.15) is 49.9 Å². The Hall–Kier alpha value is -2.02. The molecule has 2 rings (SSSR count). The van der Waals surface area contributed by atoms with E-state index in [2.05, 4.69) is 31.2 Å². The standard InChI is InChI=1S/C19H23ClF3N3O/c1-11(2)9-12(3)13-7-5-6-8-15(13)24-16(27)10-14-17(19(21,22)23)25-26(4)18(14)20/h5-8,11-12H,9-10H2,1-4H3,(H,24,27). The first-order chi connectivity index (χ1) is 12.5. The number of hydrogen-bond acceptors (Lipinski definition) is 2. The molecule has 1 aromatic carbocycles. The summed E-state index contributed by atoms with van der Waals surface area (Å²) in [7, 11) is 1.31. The maximum Gasteiger partial charge on any atom is 0.435 e. The molecule has 0 aliphatic carbocycles. The number of nitrogens with zero attached hydrogens (tertiary/aromatic N) is 2. The average Bonchev–Trinajstić information content (AvgIpc) is 2.83. The van der Waals surface area contributed by atoms with Crippen molar-refractivity contribution in [2.45, 2.75) is 45.7 Å². The van der Waals surface area contributed by atoms with E-state index in [4.69, 9.17) is 11.6 Å². The highest BCUT2D eigenvalue weighted by Gasteiger charge is 2.39. The lowest BCUT2D eigenvalue weighted by Crippen LogP contribution is -2.19. The maximum atomic E-state index is 13.1. The third-order valence-corrected chi connectivity index (χ3v) is 4.74. The number of carbonyl (C=O) groups is 1. The first kappa shape index (κ1) is 21.3. The van der Waals surface area contributed by atoms with Crippen LogP contribution in [0.3, 0.4) is 0 Å². The smallest absolute Gasteiger partial charge is 0.326 e. The molecule has 148 valence electrons. The minimum Gasteiger partial charge on any atom is -0.326 e. The highest BCUT2D eigenvalue weighted by atomic mass is 35.5. The van der Waals surface area contributed by atoms with E-state index in [9.17, 15) is 18.0 Å². The second-order valence-corrected chi connectivity index (χ2v) is 7.44. The second-order valence-electron chi connectivity index (χ2n) is 7.08. The predicted octanol–water partition coefficient (Wildman–Crippen LogP) is 5.42. The number of aryl methyl sites for hydroxylation is 1. The Morgan fingerprint density at radius 2 is 1.89 bits per heavy atom. The zero-order valence-electron chi connectivity index (χ0n) is 15.7. The van der Waals surface area contributed by atoms with Crippen LogP contribution in [0.4, 0.5) is 18.9 Å². The van der Waals surface area contributed by atoms with Crippen LogP contribution in [0, 0.1) is 5.92 Å². The van der Waals surface area contributed by atoms with Crippen LogP contribution < -0.4 is 5.32 Å². The number of rotatable bonds is 6. The number of anilines is 1. The summed E-state index contributed by atoms with van der Waals surface area (Å²) in [6, 6.07) is 7.32. The van der Waals surface area contributed by atoms with Gasteiger partial charge in [-0.15, -0.1) is 0 Å². The fourth-order valence-electron chi connectivity index (χ4n) is 3.16. The van der Waals surface area contributed by atoms with Crippen molar-refractivity contribution < 1.29 is 18.0 Å². The van der Waals surface area contributed by atoms with Gasteiger partial charge in [-0.25, -0.2) is 0 Å². The van der Waals surface area contributed by atoms with E-state index in [1.165, 1.54) is 7.05 Å². The highest BCUT2D eigenvalue weighted by Crippen LogP contribution is 2.35. The Morgan fingerprint density at radius 3 is 2.48 bits per heavy atom. The molecule has 1 N–H and O–H groups in total. The van der Waals surface area contributed by atoms with Gasteiger partial charge in [0, 0.05) is 18.3 Å². The Morgan fingerprint density at radius 1 is 1.26 bits per heavy atom. The summed E-state index contributed by atoms with van der Waals surface area (Å²) in [5, 5.41) is 5.93. The molecule has 0 aliphatic heterocycles. The van der Waals surface area contributed by atoms with Crippen molar-refractivity contribution in [2.75, 3.05) is 5.32 Å². The van der Waals surface area contributed by atoms with Gasteiger partial charge >= 0.3 is 6.18 Å². The molecule has 1 amide bonds. The monoisotopic (exact) mass is 401 g/mol. The van der Waals surface area contributed by atoms with Gasteiger partial charge in [0.2, 0.25) is 5.91 Å². The summed E-state index contributed by atoms with van der Waals surface area (Å²) >= 11 is 5.93. The zero-order chi connectivity index (χ0) is 20.4. The summed E-state index contributed by atoms with van der Waals surface area (Å²) in [6.45, 7) is 6.28. The number of nitrogens with one attached hydrogen (secondary N) is 1. The van der Waals surface area contributed by atoms with E-state index in [1.54, 1.807) is 12.1 Å². The van der Waals surface area contributed by atoms with Crippen LogP contribution in [0.25, 0.3) is 0 Å². The molecule has 0 bridgehead atoms. The number of amides is 1. The lowest BCUT2D eigenvalue weighted by Gasteiger charge is -2.18. The number of benzene rings is 1. The summed E-state index contributed by atoms with van der Waals surface area (Å²) in [6.07, 6.45) is -4.25. The van der Waals surface area contributed by atoms with Crippen molar-refractivity contribution in [1.82, 2.24) is 9.78 Å². The molecule has 1 atom stereocenters. The predicted molar refractivity (Wildman–Crippen MR) is 99.9 cm³/mol. The number of para-hydroxylation sites is 1. The summed E-state index contributed by atoms with van der Waals surface area (Å²) in [4.78, 5) is 12.4. The van der Waals surface area contributed by atoms with Gasteiger partial charge in [-0.2, -0.15) is 18.3 Å². The Kier molecular flexibility index (Phi) is 6.57. The molecule has 0 radical (unpaired) electrons. The number of carbonyl (C=O) groups excluding carboxylic acids is 1. The van der Waals surface area contributed by atoms with Crippen LogP contribution in [-0.4, -0.2) is 15.7 Å². The Balaban J connectivity index is 2.23. The maximum absolute atomic E-state index is 13.1. The molecule has 1 heterocycles.